The molecule has 0 aliphatic carbocycles. The van der Waals surface area contributed by atoms with Crippen LogP contribution in [0.3, 0.4) is 0 Å². The van der Waals surface area contributed by atoms with Crippen LogP contribution in [0.5, 0.6) is 11.5 Å². The Morgan fingerprint density at radius 3 is 2.43 bits per heavy atom. The number of methoxy groups -OCH3 is 2. The molecule has 6 heteroatoms. The largest absolute Gasteiger partial charge is 0.497 e. The molecule has 2 aromatic carbocycles. The molecule has 2 atom stereocenters. The first-order valence-electron chi connectivity index (χ1n) is 10.5. The Morgan fingerprint density at radius 2 is 1.83 bits per heavy atom. The van der Waals surface area contributed by atoms with Gasteiger partial charge in [-0.05, 0) is 43.5 Å². The highest BCUT2D eigenvalue weighted by Gasteiger charge is 2.27. The van der Waals surface area contributed by atoms with Gasteiger partial charge in [-0.1, -0.05) is 29.8 Å². The summed E-state index contributed by atoms with van der Waals surface area (Å²) in [6, 6.07) is 14.0. The van der Waals surface area contributed by atoms with Gasteiger partial charge >= 0.3 is 0 Å². The molecule has 1 saturated heterocycles. The standard InChI is InChI=1S/C24H33N3O3/c1-5-25-24(26-15-23(28)18-8-6-17(2)7-9-18)27-11-10-19(16-27)20-12-21(29-3)14-22(13-20)30-4/h6-9,12-14,19,23,28H,5,10-11,15-16H2,1-4H3,(H,25,26). The number of guanidine groups is 1. The summed E-state index contributed by atoms with van der Waals surface area (Å²) in [5.74, 6) is 2.84. The first-order chi connectivity index (χ1) is 14.5. The predicted molar refractivity (Wildman–Crippen MR) is 121 cm³/mol. The van der Waals surface area contributed by atoms with Crippen molar-refractivity contribution in [3.05, 3.63) is 59.2 Å². The summed E-state index contributed by atoms with van der Waals surface area (Å²) in [5.41, 5.74) is 3.28. The van der Waals surface area contributed by atoms with Gasteiger partial charge in [0.2, 0.25) is 0 Å². The van der Waals surface area contributed by atoms with Crippen LogP contribution in [0.15, 0.2) is 47.5 Å². The normalized spacial score (nSPS) is 17.7. The molecule has 0 bridgehead atoms. The fourth-order valence-electron chi connectivity index (χ4n) is 3.78. The quantitative estimate of drug-likeness (QED) is 0.539. The Hall–Kier alpha value is -2.73. The summed E-state index contributed by atoms with van der Waals surface area (Å²) in [6.07, 6.45) is 0.418. The van der Waals surface area contributed by atoms with E-state index in [2.05, 4.69) is 29.3 Å². The molecule has 1 aliphatic heterocycles. The van der Waals surface area contributed by atoms with Crippen LogP contribution in [0, 0.1) is 6.92 Å². The van der Waals surface area contributed by atoms with E-state index in [1.54, 1.807) is 14.2 Å². The van der Waals surface area contributed by atoms with E-state index >= 15 is 0 Å². The zero-order valence-corrected chi connectivity index (χ0v) is 18.4. The second-order valence-corrected chi connectivity index (χ2v) is 7.70. The van der Waals surface area contributed by atoms with E-state index in [1.807, 2.05) is 37.3 Å². The minimum Gasteiger partial charge on any atom is -0.497 e. The van der Waals surface area contributed by atoms with Crippen LogP contribution in [-0.4, -0.2) is 56.4 Å². The summed E-state index contributed by atoms with van der Waals surface area (Å²) in [6.45, 7) is 7.00. The van der Waals surface area contributed by atoms with Gasteiger partial charge in [0.05, 0.1) is 26.9 Å². The molecule has 3 rings (SSSR count). The maximum absolute atomic E-state index is 10.5. The van der Waals surface area contributed by atoms with E-state index in [0.29, 0.717) is 12.5 Å². The number of nitrogens with one attached hydrogen (secondary N) is 1. The third-order valence-corrected chi connectivity index (χ3v) is 5.54. The molecule has 0 radical (unpaired) electrons. The Balaban J connectivity index is 1.70. The van der Waals surface area contributed by atoms with Crippen molar-refractivity contribution >= 4 is 5.96 Å². The maximum atomic E-state index is 10.5. The smallest absolute Gasteiger partial charge is 0.194 e. The molecule has 1 aliphatic rings. The summed E-state index contributed by atoms with van der Waals surface area (Å²) < 4.78 is 10.9. The molecule has 0 saturated carbocycles. The van der Waals surface area contributed by atoms with Crippen LogP contribution in [0.2, 0.25) is 0 Å². The number of aliphatic hydroxyl groups excluding tert-OH is 1. The number of hydrogen-bond donors (Lipinski definition) is 2. The molecule has 0 amide bonds. The van der Waals surface area contributed by atoms with Gasteiger partial charge in [-0.15, -0.1) is 0 Å². The number of rotatable bonds is 7. The zero-order chi connectivity index (χ0) is 21.5. The fourth-order valence-corrected chi connectivity index (χ4v) is 3.78. The van der Waals surface area contributed by atoms with Crippen molar-refractivity contribution < 1.29 is 14.6 Å². The number of hydrogen-bond acceptors (Lipinski definition) is 4. The SMILES string of the molecule is CCNC(=NCC(O)c1ccc(C)cc1)N1CCC(c2cc(OC)cc(OC)c2)C1. The van der Waals surface area contributed by atoms with Crippen LogP contribution >= 0.6 is 0 Å². The zero-order valence-electron chi connectivity index (χ0n) is 18.4. The van der Waals surface area contributed by atoms with Gasteiger partial charge < -0.3 is 24.8 Å². The van der Waals surface area contributed by atoms with Gasteiger partial charge in [-0.2, -0.15) is 0 Å². The highest BCUT2D eigenvalue weighted by Crippen LogP contribution is 2.33. The Labute approximate surface area is 179 Å². The van der Waals surface area contributed by atoms with Gasteiger partial charge in [0.15, 0.2) is 5.96 Å². The average molecular weight is 412 g/mol. The van der Waals surface area contributed by atoms with E-state index in [1.165, 1.54) is 11.1 Å². The molecule has 1 heterocycles. The van der Waals surface area contributed by atoms with Gasteiger partial charge in [-0.3, -0.25) is 4.99 Å². The van der Waals surface area contributed by atoms with Gasteiger partial charge in [-0.25, -0.2) is 0 Å². The molecule has 2 unspecified atom stereocenters. The average Bonchev–Trinajstić information content (AvgIpc) is 3.26. The highest BCUT2D eigenvalue weighted by atomic mass is 16.5. The first-order valence-corrected chi connectivity index (χ1v) is 10.5. The van der Waals surface area contributed by atoms with E-state index in [-0.39, 0.29) is 0 Å². The molecular weight excluding hydrogens is 378 g/mol. The van der Waals surface area contributed by atoms with Crippen molar-refractivity contribution in [1.29, 1.82) is 0 Å². The summed E-state index contributed by atoms with van der Waals surface area (Å²) in [5, 5.41) is 13.9. The summed E-state index contributed by atoms with van der Waals surface area (Å²) in [4.78, 5) is 6.99. The number of aliphatic hydroxyl groups is 1. The topological polar surface area (TPSA) is 66.3 Å². The van der Waals surface area contributed by atoms with Crippen LogP contribution in [0.4, 0.5) is 0 Å². The van der Waals surface area contributed by atoms with Gasteiger partial charge in [0, 0.05) is 31.6 Å². The van der Waals surface area contributed by atoms with Crippen molar-refractivity contribution in [2.75, 3.05) is 40.4 Å². The second kappa shape index (κ2) is 10.3. The highest BCUT2D eigenvalue weighted by molar-refractivity contribution is 5.80. The van der Waals surface area contributed by atoms with Crippen LogP contribution in [0.25, 0.3) is 0 Å². The maximum Gasteiger partial charge on any atom is 0.194 e. The van der Waals surface area contributed by atoms with Crippen molar-refractivity contribution in [2.45, 2.75) is 32.3 Å². The molecule has 0 aromatic heterocycles. The van der Waals surface area contributed by atoms with Crippen molar-refractivity contribution in [3.8, 4) is 11.5 Å². The summed E-state index contributed by atoms with van der Waals surface area (Å²) in [7, 11) is 3.35. The Kier molecular flexibility index (Phi) is 7.57. The number of benzene rings is 2. The first kappa shape index (κ1) is 22.0. The van der Waals surface area contributed by atoms with E-state index in [4.69, 9.17) is 14.5 Å². The third kappa shape index (κ3) is 5.45. The lowest BCUT2D eigenvalue weighted by molar-refractivity contribution is 0.186. The molecule has 1 fully saturated rings. The lowest BCUT2D eigenvalue weighted by Gasteiger charge is -2.22. The number of ether oxygens (including phenoxy) is 2. The molecule has 2 N–H and O–H groups in total. The Bertz CT molecular complexity index is 829. The van der Waals surface area contributed by atoms with Gasteiger partial charge in [0.1, 0.15) is 11.5 Å². The molecular formula is C24H33N3O3. The molecule has 6 nitrogen and oxygen atoms in total. The molecule has 0 spiro atoms. The monoisotopic (exact) mass is 411 g/mol. The van der Waals surface area contributed by atoms with Crippen molar-refractivity contribution in [3.63, 3.8) is 0 Å². The number of likely N-dealkylation sites (tertiary alicyclic amines) is 1. The van der Waals surface area contributed by atoms with Gasteiger partial charge in [0.25, 0.3) is 0 Å². The minimum atomic E-state index is -0.611. The lowest BCUT2D eigenvalue weighted by Crippen LogP contribution is -2.40. The number of aliphatic imine (C=N–C) groups is 1. The van der Waals surface area contributed by atoms with E-state index in [0.717, 1.165) is 49.1 Å². The Morgan fingerprint density at radius 1 is 1.17 bits per heavy atom. The predicted octanol–water partition coefficient (Wildman–Crippen LogP) is 3.50. The number of nitrogens with zero attached hydrogens (tertiary/aromatic N) is 2. The van der Waals surface area contributed by atoms with E-state index in [9.17, 15) is 5.11 Å². The van der Waals surface area contributed by atoms with Crippen LogP contribution in [0.1, 0.15) is 42.1 Å². The molecule has 2 aromatic rings. The summed E-state index contributed by atoms with van der Waals surface area (Å²) >= 11 is 0. The lowest BCUT2D eigenvalue weighted by atomic mass is 9.98. The molecule has 30 heavy (non-hydrogen) atoms. The fraction of sp³-hybridized carbons (Fsp3) is 0.458. The third-order valence-electron chi connectivity index (χ3n) is 5.54. The minimum absolute atomic E-state index is 0.333. The van der Waals surface area contributed by atoms with Crippen molar-refractivity contribution in [1.82, 2.24) is 10.2 Å². The number of aryl methyl sites for hydroxylation is 1. The van der Waals surface area contributed by atoms with Crippen LogP contribution in [-0.2, 0) is 0 Å². The van der Waals surface area contributed by atoms with Crippen molar-refractivity contribution in [2.24, 2.45) is 4.99 Å². The molecule has 162 valence electrons. The van der Waals surface area contributed by atoms with E-state index < -0.39 is 6.10 Å². The second-order valence-electron chi connectivity index (χ2n) is 7.70. The van der Waals surface area contributed by atoms with Crippen LogP contribution < -0.4 is 14.8 Å².